The van der Waals surface area contributed by atoms with Crippen LogP contribution in [0, 0.1) is 5.92 Å². The van der Waals surface area contributed by atoms with Gasteiger partial charge in [-0.2, -0.15) is 0 Å². The Kier molecular flexibility index (Phi) is 4.62. The highest BCUT2D eigenvalue weighted by Gasteiger charge is 2.24. The fourth-order valence-corrected chi connectivity index (χ4v) is 4.96. The summed E-state index contributed by atoms with van der Waals surface area (Å²) in [5.41, 5.74) is 0. The quantitative estimate of drug-likeness (QED) is 0.908. The fraction of sp³-hybridized carbons (Fsp3) is 0.562. The van der Waals surface area contributed by atoms with E-state index in [0.29, 0.717) is 12.0 Å². The lowest BCUT2D eigenvalue weighted by molar-refractivity contribution is 0.0726. The number of nitrogens with zero attached hydrogens (tertiary/aromatic N) is 1. The Morgan fingerprint density at radius 2 is 2.33 bits per heavy atom. The van der Waals surface area contributed by atoms with Gasteiger partial charge in [-0.25, -0.2) is 0 Å². The number of amides is 1. The molecular formula is C16H22N2OS2. The van der Waals surface area contributed by atoms with E-state index in [4.69, 9.17) is 0 Å². The first-order chi connectivity index (χ1) is 10.1. The van der Waals surface area contributed by atoms with E-state index in [2.05, 4.69) is 36.7 Å². The maximum Gasteiger partial charge on any atom is 0.264 e. The SMILES string of the molecule is CC(C)CN(CC1CCCN1)C(=O)c1cc2sccc2s1. The molecule has 1 aliphatic rings. The number of carbonyl (C=O) groups excluding carboxylic acids is 1. The summed E-state index contributed by atoms with van der Waals surface area (Å²) in [7, 11) is 0. The van der Waals surface area contributed by atoms with Crippen LogP contribution in [-0.2, 0) is 0 Å². The molecule has 114 valence electrons. The number of fused-ring (bicyclic) bond motifs is 1. The predicted molar refractivity (Wildman–Crippen MR) is 91.5 cm³/mol. The van der Waals surface area contributed by atoms with E-state index >= 15 is 0 Å². The highest BCUT2D eigenvalue weighted by Crippen LogP contribution is 2.31. The summed E-state index contributed by atoms with van der Waals surface area (Å²) in [5.74, 6) is 0.697. The van der Waals surface area contributed by atoms with Crippen molar-refractivity contribution in [1.29, 1.82) is 0 Å². The van der Waals surface area contributed by atoms with Crippen molar-refractivity contribution in [2.24, 2.45) is 5.92 Å². The molecule has 3 nitrogen and oxygen atoms in total. The molecule has 1 aliphatic heterocycles. The second-order valence-corrected chi connectivity index (χ2v) is 8.19. The molecule has 0 bridgehead atoms. The molecule has 0 aliphatic carbocycles. The molecule has 1 unspecified atom stereocenters. The summed E-state index contributed by atoms with van der Waals surface area (Å²) in [5, 5.41) is 5.59. The highest BCUT2D eigenvalue weighted by atomic mass is 32.1. The van der Waals surface area contributed by atoms with Crippen LogP contribution in [0.1, 0.15) is 36.4 Å². The lowest BCUT2D eigenvalue weighted by Crippen LogP contribution is -2.42. The maximum atomic E-state index is 12.8. The molecule has 2 aromatic rings. The van der Waals surface area contributed by atoms with Gasteiger partial charge in [0.25, 0.3) is 5.91 Å². The molecule has 3 rings (SSSR count). The van der Waals surface area contributed by atoms with Gasteiger partial charge in [0.1, 0.15) is 0 Å². The maximum absolute atomic E-state index is 12.8. The summed E-state index contributed by atoms with van der Waals surface area (Å²) in [6.07, 6.45) is 2.41. The van der Waals surface area contributed by atoms with E-state index < -0.39 is 0 Å². The molecule has 1 atom stereocenters. The number of nitrogens with one attached hydrogen (secondary N) is 1. The molecule has 21 heavy (non-hydrogen) atoms. The van der Waals surface area contributed by atoms with Gasteiger partial charge in [0.2, 0.25) is 0 Å². The average molecular weight is 322 g/mol. The number of carbonyl (C=O) groups is 1. The van der Waals surface area contributed by atoms with E-state index in [1.165, 1.54) is 22.2 Å². The van der Waals surface area contributed by atoms with Crippen molar-refractivity contribution in [3.8, 4) is 0 Å². The smallest absolute Gasteiger partial charge is 0.264 e. The summed E-state index contributed by atoms with van der Waals surface area (Å²) in [6, 6.07) is 4.63. The second kappa shape index (κ2) is 6.46. The average Bonchev–Trinajstić information content (AvgIpc) is 3.12. The highest BCUT2D eigenvalue weighted by molar-refractivity contribution is 7.27. The van der Waals surface area contributed by atoms with Crippen molar-refractivity contribution in [2.45, 2.75) is 32.7 Å². The summed E-state index contributed by atoms with van der Waals surface area (Å²) >= 11 is 3.34. The minimum atomic E-state index is 0.200. The van der Waals surface area contributed by atoms with Crippen LogP contribution >= 0.6 is 22.7 Å². The van der Waals surface area contributed by atoms with E-state index in [-0.39, 0.29) is 5.91 Å². The fourth-order valence-electron chi connectivity index (χ4n) is 2.89. The van der Waals surface area contributed by atoms with E-state index in [1.807, 2.05) is 4.90 Å². The molecule has 1 amide bonds. The molecule has 3 heterocycles. The van der Waals surface area contributed by atoms with Gasteiger partial charge in [-0.3, -0.25) is 4.79 Å². The molecular weight excluding hydrogens is 300 g/mol. The van der Waals surface area contributed by atoms with Crippen molar-refractivity contribution < 1.29 is 4.79 Å². The van der Waals surface area contributed by atoms with Gasteiger partial charge in [0, 0.05) is 28.5 Å². The van der Waals surface area contributed by atoms with Crippen LogP contribution < -0.4 is 5.32 Å². The zero-order valence-electron chi connectivity index (χ0n) is 12.6. The van der Waals surface area contributed by atoms with Gasteiger partial charge in [-0.15, -0.1) is 22.7 Å². The summed E-state index contributed by atoms with van der Waals surface area (Å²) in [4.78, 5) is 15.8. The third-order valence-electron chi connectivity index (χ3n) is 3.83. The monoisotopic (exact) mass is 322 g/mol. The Morgan fingerprint density at radius 1 is 1.48 bits per heavy atom. The standard InChI is InChI=1S/C16H22N2OS2/c1-11(2)9-18(10-12-4-3-6-17-12)16(19)15-8-14-13(21-15)5-7-20-14/h5,7-8,11-12,17H,3-4,6,9-10H2,1-2H3. The molecule has 0 aromatic carbocycles. The van der Waals surface area contributed by atoms with Crippen LogP contribution in [0.2, 0.25) is 0 Å². The minimum absolute atomic E-state index is 0.200. The van der Waals surface area contributed by atoms with Gasteiger partial charge in [-0.1, -0.05) is 13.8 Å². The van der Waals surface area contributed by atoms with Crippen LogP contribution in [0.15, 0.2) is 17.5 Å². The number of hydrogen-bond donors (Lipinski definition) is 1. The van der Waals surface area contributed by atoms with Gasteiger partial charge in [0.15, 0.2) is 0 Å². The third-order valence-corrected chi connectivity index (χ3v) is 5.91. The van der Waals surface area contributed by atoms with Gasteiger partial charge < -0.3 is 10.2 Å². The summed E-state index contributed by atoms with van der Waals surface area (Å²) < 4.78 is 2.46. The van der Waals surface area contributed by atoms with E-state index in [0.717, 1.165) is 24.5 Å². The molecule has 0 spiro atoms. The van der Waals surface area contributed by atoms with Gasteiger partial charge in [-0.05, 0) is 42.8 Å². The number of thiophene rings is 2. The van der Waals surface area contributed by atoms with Crippen LogP contribution in [-0.4, -0.2) is 36.5 Å². The lowest BCUT2D eigenvalue weighted by Gasteiger charge is -2.27. The normalized spacial score (nSPS) is 18.7. The Hall–Kier alpha value is -0.910. The third kappa shape index (κ3) is 3.47. The van der Waals surface area contributed by atoms with Crippen molar-refractivity contribution in [1.82, 2.24) is 10.2 Å². The first-order valence-corrected chi connectivity index (χ1v) is 9.33. The zero-order valence-corrected chi connectivity index (χ0v) is 14.2. The van der Waals surface area contributed by atoms with Crippen molar-refractivity contribution in [3.63, 3.8) is 0 Å². The molecule has 2 aromatic heterocycles. The first kappa shape index (κ1) is 15.0. The molecule has 1 saturated heterocycles. The molecule has 0 radical (unpaired) electrons. The molecule has 1 fully saturated rings. The lowest BCUT2D eigenvalue weighted by atomic mass is 10.1. The number of hydrogen-bond acceptors (Lipinski definition) is 4. The number of rotatable bonds is 5. The molecule has 5 heteroatoms. The zero-order chi connectivity index (χ0) is 14.8. The van der Waals surface area contributed by atoms with E-state index in [1.54, 1.807) is 22.7 Å². The largest absolute Gasteiger partial charge is 0.336 e. The van der Waals surface area contributed by atoms with Gasteiger partial charge >= 0.3 is 0 Å². The van der Waals surface area contributed by atoms with Crippen LogP contribution in [0.5, 0.6) is 0 Å². The van der Waals surface area contributed by atoms with Crippen molar-refractivity contribution in [2.75, 3.05) is 19.6 Å². The van der Waals surface area contributed by atoms with Crippen LogP contribution in [0.3, 0.4) is 0 Å². The summed E-state index contributed by atoms with van der Waals surface area (Å²) in [6.45, 7) is 7.11. The van der Waals surface area contributed by atoms with Crippen LogP contribution in [0.4, 0.5) is 0 Å². The first-order valence-electron chi connectivity index (χ1n) is 7.63. The van der Waals surface area contributed by atoms with Crippen molar-refractivity contribution in [3.05, 3.63) is 22.4 Å². The Bertz CT molecular complexity index is 582. The Balaban J connectivity index is 1.76. The Morgan fingerprint density at radius 3 is 3.00 bits per heavy atom. The van der Waals surface area contributed by atoms with Gasteiger partial charge in [0.05, 0.1) is 4.88 Å². The van der Waals surface area contributed by atoms with Crippen molar-refractivity contribution >= 4 is 38.0 Å². The Labute approximate surface area is 134 Å². The molecule has 0 saturated carbocycles. The molecule has 1 N–H and O–H groups in total. The topological polar surface area (TPSA) is 32.3 Å². The predicted octanol–water partition coefficient (Wildman–Crippen LogP) is 3.81. The van der Waals surface area contributed by atoms with Crippen LogP contribution in [0.25, 0.3) is 9.40 Å². The second-order valence-electron chi connectivity index (χ2n) is 6.16. The minimum Gasteiger partial charge on any atom is -0.336 e. The van der Waals surface area contributed by atoms with E-state index in [9.17, 15) is 4.79 Å².